The Morgan fingerprint density at radius 1 is 1.29 bits per heavy atom. The molecule has 2 rings (SSSR count). The molecule has 0 saturated heterocycles. The maximum atomic E-state index is 13.3. The van der Waals surface area contributed by atoms with E-state index in [1.165, 1.54) is 17.2 Å². The highest BCUT2D eigenvalue weighted by atomic mass is 19.2. The molecule has 5 nitrogen and oxygen atoms in total. The van der Waals surface area contributed by atoms with Crippen LogP contribution in [0.1, 0.15) is 24.2 Å². The number of carbonyl (C=O) groups excluding carboxylic acids is 1. The van der Waals surface area contributed by atoms with E-state index in [2.05, 4.69) is 4.98 Å². The number of halogens is 2. The number of nitrogens with zero attached hydrogens (tertiary/aromatic N) is 2. The van der Waals surface area contributed by atoms with E-state index in [1.54, 1.807) is 26.1 Å². The van der Waals surface area contributed by atoms with Crippen LogP contribution >= 0.6 is 0 Å². The Balaban J connectivity index is 1.96. The molecule has 128 valence electrons. The van der Waals surface area contributed by atoms with Crippen molar-refractivity contribution in [1.29, 1.82) is 0 Å². The van der Waals surface area contributed by atoms with Crippen LogP contribution in [0.25, 0.3) is 0 Å². The van der Waals surface area contributed by atoms with Crippen LogP contribution in [0, 0.1) is 11.6 Å². The normalized spacial score (nSPS) is 11.9. The van der Waals surface area contributed by atoms with Crippen LogP contribution in [0.2, 0.25) is 0 Å². The van der Waals surface area contributed by atoms with E-state index in [0.717, 1.165) is 12.1 Å². The first kappa shape index (κ1) is 17.8. The summed E-state index contributed by atoms with van der Waals surface area (Å²) in [7, 11) is 1.56. The minimum absolute atomic E-state index is 0.173. The predicted molar refractivity (Wildman–Crippen MR) is 83.2 cm³/mol. The second-order valence-corrected chi connectivity index (χ2v) is 5.29. The number of aliphatic hydroxyl groups excluding tert-OH is 1. The minimum atomic E-state index is -0.952. The summed E-state index contributed by atoms with van der Waals surface area (Å²) in [6.07, 6.45) is 1.41. The van der Waals surface area contributed by atoms with Crippen molar-refractivity contribution in [2.45, 2.75) is 19.6 Å². The fourth-order valence-electron chi connectivity index (χ4n) is 2.05. The first-order chi connectivity index (χ1) is 11.4. The molecule has 0 radical (unpaired) electrons. The van der Waals surface area contributed by atoms with Gasteiger partial charge in [-0.1, -0.05) is 6.07 Å². The lowest BCUT2D eigenvalue weighted by Gasteiger charge is -2.25. The van der Waals surface area contributed by atoms with Crippen molar-refractivity contribution in [1.82, 2.24) is 9.88 Å². The molecule has 2 aromatic rings. The maximum absolute atomic E-state index is 13.3. The van der Waals surface area contributed by atoms with Gasteiger partial charge in [-0.15, -0.1) is 0 Å². The first-order valence-corrected chi connectivity index (χ1v) is 7.31. The molecule has 0 aliphatic carbocycles. The molecule has 7 heteroatoms. The van der Waals surface area contributed by atoms with Crippen molar-refractivity contribution in [2.24, 2.45) is 0 Å². The number of aliphatic hydroxyl groups is 1. The van der Waals surface area contributed by atoms with E-state index >= 15 is 0 Å². The molecular formula is C17H18F2N2O3. The van der Waals surface area contributed by atoms with Gasteiger partial charge in [0, 0.05) is 7.05 Å². The van der Waals surface area contributed by atoms with Crippen LogP contribution in [-0.2, 0) is 11.4 Å². The summed E-state index contributed by atoms with van der Waals surface area (Å²) in [5.41, 5.74) is 0.983. The Labute approximate surface area is 138 Å². The Morgan fingerprint density at radius 3 is 2.62 bits per heavy atom. The SMILES string of the molecule is CC(c1ccc(F)c(F)c1)N(C)C(=O)COc1ccc(CO)nc1. The van der Waals surface area contributed by atoms with E-state index in [0.29, 0.717) is 17.0 Å². The third-order valence-electron chi connectivity index (χ3n) is 3.72. The van der Waals surface area contributed by atoms with E-state index in [9.17, 15) is 13.6 Å². The van der Waals surface area contributed by atoms with Crippen LogP contribution in [0.5, 0.6) is 5.75 Å². The quantitative estimate of drug-likeness (QED) is 0.880. The zero-order valence-electron chi connectivity index (χ0n) is 13.4. The largest absolute Gasteiger partial charge is 0.482 e. The van der Waals surface area contributed by atoms with Gasteiger partial charge < -0.3 is 14.7 Å². The number of likely N-dealkylation sites (N-methyl/N-ethyl adjacent to an activating group) is 1. The molecule has 1 N–H and O–H groups in total. The first-order valence-electron chi connectivity index (χ1n) is 7.31. The molecule has 1 aromatic carbocycles. The number of pyridine rings is 1. The number of rotatable bonds is 6. The van der Waals surface area contributed by atoms with Crippen molar-refractivity contribution < 1.29 is 23.4 Å². The van der Waals surface area contributed by atoms with Gasteiger partial charge >= 0.3 is 0 Å². The molecule has 0 aliphatic heterocycles. The number of benzene rings is 1. The van der Waals surface area contributed by atoms with Gasteiger partial charge in [-0.25, -0.2) is 8.78 Å². The van der Waals surface area contributed by atoms with Crippen molar-refractivity contribution in [3.05, 3.63) is 59.4 Å². The summed E-state index contributed by atoms with van der Waals surface area (Å²) < 4.78 is 31.6. The number of aromatic nitrogens is 1. The van der Waals surface area contributed by atoms with Crippen molar-refractivity contribution in [2.75, 3.05) is 13.7 Å². The summed E-state index contributed by atoms with van der Waals surface area (Å²) in [5, 5.41) is 8.91. The molecule has 0 bridgehead atoms. The Bertz CT molecular complexity index is 707. The maximum Gasteiger partial charge on any atom is 0.260 e. The van der Waals surface area contributed by atoms with E-state index in [1.807, 2.05) is 0 Å². The third-order valence-corrected chi connectivity index (χ3v) is 3.72. The lowest BCUT2D eigenvalue weighted by atomic mass is 10.1. The number of ether oxygens (including phenoxy) is 1. The van der Waals surface area contributed by atoms with Gasteiger partial charge in [0.2, 0.25) is 0 Å². The van der Waals surface area contributed by atoms with Crippen LogP contribution in [0.4, 0.5) is 8.78 Å². The summed E-state index contributed by atoms with van der Waals surface area (Å²) in [6, 6.07) is 6.29. The number of amides is 1. The highest BCUT2D eigenvalue weighted by Gasteiger charge is 2.19. The number of hydrogen-bond acceptors (Lipinski definition) is 4. The van der Waals surface area contributed by atoms with Gasteiger partial charge in [0.1, 0.15) is 5.75 Å². The van der Waals surface area contributed by atoms with E-state index in [4.69, 9.17) is 9.84 Å². The Kier molecular flexibility index (Phi) is 5.81. The van der Waals surface area contributed by atoms with E-state index in [-0.39, 0.29) is 19.1 Å². The summed E-state index contributed by atoms with van der Waals surface area (Å²) >= 11 is 0. The molecule has 24 heavy (non-hydrogen) atoms. The average molecular weight is 336 g/mol. The molecular weight excluding hydrogens is 318 g/mol. The van der Waals surface area contributed by atoms with Gasteiger partial charge in [0.25, 0.3) is 5.91 Å². The highest BCUT2D eigenvalue weighted by molar-refractivity contribution is 5.78. The highest BCUT2D eigenvalue weighted by Crippen LogP contribution is 2.21. The average Bonchev–Trinajstić information content (AvgIpc) is 2.61. The second-order valence-electron chi connectivity index (χ2n) is 5.29. The summed E-state index contributed by atoms with van der Waals surface area (Å²) in [6.45, 7) is 1.32. The molecule has 1 aromatic heterocycles. The lowest BCUT2D eigenvalue weighted by Crippen LogP contribution is -2.33. The Hall–Kier alpha value is -2.54. The van der Waals surface area contributed by atoms with E-state index < -0.39 is 17.7 Å². The lowest BCUT2D eigenvalue weighted by molar-refractivity contribution is -0.134. The zero-order valence-corrected chi connectivity index (χ0v) is 13.4. The zero-order chi connectivity index (χ0) is 17.7. The molecule has 1 heterocycles. The molecule has 0 spiro atoms. The fourth-order valence-corrected chi connectivity index (χ4v) is 2.05. The van der Waals surface area contributed by atoms with Crippen LogP contribution in [0.15, 0.2) is 36.5 Å². The number of hydrogen-bond donors (Lipinski definition) is 1. The van der Waals surface area contributed by atoms with Crippen LogP contribution in [-0.4, -0.2) is 34.6 Å². The molecule has 0 fully saturated rings. The smallest absolute Gasteiger partial charge is 0.260 e. The van der Waals surface area contributed by atoms with Gasteiger partial charge in [0.05, 0.1) is 24.5 Å². The molecule has 0 saturated carbocycles. The van der Waals surface area contributed by atoms with Gasteiger partial charge in [-0.05, 0) is 36.8 Å². The van der Waals surface area contributed by atoms with Gasteiger partial charge in [0.15, 0.2) is 18.2 Å². The van der Waals surface area contributed by atoms with Crippen molar-refractivity contribution >= 4 is 5.91 Å². The predicted octanol–water partition coefficient (Wildman–Crippen LogP) is 2.45. The van der Waals surface area contributed by atoms with Crippen LogP contribution < -0.4 is 4.74 Å². The number of carbonyl (C=O) groups is 1. The fraction of sp³-hybridized carbons (Fsp3) is 0.294. The van der Waals surface area contributed by atoms with Crippen molar-refractivity contribution in [3.63, 3.8) is 0 Å². The Morgan fingerprint density at radius 2 is 2.04 bits per heavy atom. The summed E-state index contributed by atoms with van der Waals surface area (Å²) in [4.78, 5) is 17.5. The monoisotopic (exact) mass is 336 g/mol. The minimum Gasteiger partial charge on any atom is -0.482 e. The van der Waals surface area contributed by atoms with Gasteiger partial charge in [-0.3, -0.25) is 9.78 Å². The van der Waals surface area contributed by atoms with Crippen LogP contribution in [0.3, 0.4) is 0 Å². The molecule has 1 amide bonds. The third kappa shape index (κ3) is 4.26. The molecule has 1 atom stereocenters. The second kappa shape index (κ2) is 7.83. The molecule has 0 aliphatic rings. The molecule has 1 unspecified atom stereocenters. The summed E-state index contributed by atoms with van der Waals surface area (Å²) in [5.74, 6) is -1.80. The standard InChI is InChI=1S/C17H18F2N2O3/c1-11(12-3-6-15(18)16(19)7-12)21(2)17(23)10-24-14-5-4-13(9-22)20-8-14/h3-8,11,22H,9-10H2,1-2H3. The topological polar surface area (TPSA) is 62.7 Å². The van der Waals surface area contributed by atoms with Gasteiger partial charge in [-0.2, -0.15) is 0 Å². The van der Waals surface area contributed by atoms with Crippen molar-refractivity contribution in [3.8, 4) is 5.75 Å².